The highest BCUT2D eigenvalue weighted by Crippen LogP contribution is 2.18. The first kappa shape index (κ1) is 12.9. The molecule has 0 saturated carbocycles. The molecule has 5 heteroatoms. The third-order valence-electron chi connectivity index (χ3n) is 2.71. The fraction of sp³-hybridized carbons (Fsp3) is 0.143. The van der Waals surface area contributed by atoms with Gasteiger partial charge in [0.2, 0.25) is 0 Å². The SMILES string of the molecule is COc1ccc(CNc2cccc([N+](=O)[O-])c2)cc1. The maximum absolute atomic E-state index is 10.7. The summed E-state index contributed by atoms with van der Waals surface area (Å²) in [6.07, 6.45) is 0. The Morgan fingerprint density at radius 3 is 2.58 bits per heavy atom. The van der Waals surface area contributed by atoms with Crippen LogP contribution in [0.5, 0.6) is 5.75 Å². The highest BCUT2D eigenvalue weighted by atomic mass is 16.6. The molecule has 2 aromatic carbocycles. The maximum Gasteiger partial charge on any atom is 0.271 e. The number of nitrogens with one attached hydrogen (secondary N) is 1. The molecular formula is C14H14N2O3. The van der Waals surface area contributed by atoms with Crippen LogP contribution in [0.2, 0.25) is 0 Å². The molecule has 0 aromatic heterocycles. The van der Waals surface area contributed by atoms with E-state index in [9.17, 15) is 10.1 Å². The Hall–Kier alpha value is -2.56. The summed E-state index contributed by atoms with van der Waals surface area (Å²) in [5, 5.41) is 13.8. The monoisotopic (exact) mass is 258 g/mol. The zero-order valence-corrected chi connectivity index (χ0v) is 10.5. The standard InChI is InChI=1S/C14H14N2O3/c1-19-14-7-5-11(6-8-14)10-15-12-3-2-4-13(9-12)16(17)18/h2-9,15H,10H2,1H3. The summed E-state index contributed by atoms with van der Waals surface area (Å²) in [5.74, 6) is 0.805. The molecule has 0 spiro atoms. The largest absolute Gasteiger partial charge is 0.497 e. The van der Waals surface area contributed by atoms with E-state index in [0.717, 1.165) is 17.0 Å². The van der Waals surface area contributed by atoms with Gasteiger partial charge < -0.3 is 10.1 Å². The number of benzene rings is 2. The van der Waals surface area contributed by atoms with Crippen molar-refractivity contribution in [3.63, 3.8) is 0 Å². The number of nitrogens with zero attached hydrogens (tertiary/aromatic N) is 1. The number of nitro benzene ring substituents is 1. The molecule has 98 valence electrons. The number of methoxy groups -OCH3 is 1. The summed E-state index contributed by atoms with van der Waals surface area (Å²) in [7, 11) is 1.62. The van der Waals surface area contributed by atoms with Crippen LogP contribution >= 0.6 is 0 Å². The second-order valence-electron chi connectivity index (χ2n) is 4.01. The second-order valence-corrected chi connectivity index (χ2v) is 4.01. The molecule has 0 radical (unpaired) electrons. The summed E-state index contributed by atoms with van der Waals surface area (Å²) in [6.45, 7) is 0.602. The highest BCUT2D eigenvalue weighted by molar-refractivity contribution is 5.51. The van der Waals surface area contributed by atoms with Crippen molar-refractivity contribution < 1.29 is 9.66 Å². The first-order valence-electron chi connectivity index (χ1n) is 5.80. The van der Waals surface area contributed by atoms with Crippen LogP contribution in [-0.4, -0.2) is 12.0 Å². The van der Waals surface area contributed by atoms with Crippen molar-refractivity contribution in [2.75, 3.05) is 12.4 Å². The van der Waals surface area contributed by atoms with Gasteiger partial charge in [-0.3, -0.25) is 10.1 Å². The molecule has 0 heterocycles. The zero-order chi connectivity index (χ0) is 13.7. The van der Waals surface area contributed by atoms with Gasteiger partial charge in [0.05, 0.1) is 12.0 Å². The molecule has 2 rings (SSSR count). The summed E-state index contributed by atoms with van der Waals surface area (Å²) < 4.78 is 5.08. The van der Waals surface area contributed by atoms with E-state index in [1.54, 1.807) is 19.2 Å². The molecular weight excluding hydrogens is 244 g/mol. The lowest BCUT2D eigenvalue weighted by atomic mass is 10.2. The molecule has 0 aliphatic rings. The Labute approximate surface area is 111 Å². The van der Waals surface area contributed by atoms with E-state index in [-0.39, 0.29) is 5.69 Å². The van der Waals surface area contributed by atoms with Crippen LogP contribution < -0.4 is 10.1 Å². The first-order chi connectivity index (χ1) is 9.19. The number of rotatable bonds is 5. The highest BCUT2D eigenvalue weighted by Gasteiger charge is 2.05. The van der Waals surface area contributed by atoms with Crippen molar-refractivity contribution in [1.29, 1.82) is 0 Å². The molecule has 19 heavy (non-hydrogen) atoms. The third-order valence-corrected chi connectivity index (χ3v) is 2.71. The lowest BCUT2D eigenvalue weighted by Gasteiger charge is -2.07. The Morgan fingerprint density at radius 1 is 1.21 bits per heavy atom. The molecule has 0 aliphatic heterocycles. The summed E-state index contributed by atoms with van der Waals surface area (Å²) in [5.41, 5.74) is 1.89. The van der Waals surface area contributed by atoms with E-state index >= 15 is 0 Å². The predicted octanol–water partition coefficient (Wildman–Crippen LogP) is 3.22. The van der Waals surface area contributed by atoms with Gasteiger partial charge in [0.15, 0.2) is 0 Å². The topological polar surface area (TPSA) is 64.4 Å². The Morgan fingerprint density at radius 2 is 1.95 bits per heavy atom. The molecule has 0 amide bonds. The van der Waals surface area contributed by atoms with E-state index < -0.39 is 4.92 Å². The molecule has 5 nitrogen and oxygen atoms in total. The fourth-order valence-electron chi connectivity index (χ4n) is 1.68. The van der Waals surface area contributed by atoms with Crippen molar-refractivity contribution in [2.24, 2.45) is 0 Å². The van der Waals surface area contributed by atoms with Gasteiger partial charge in [-0.25, -0.2) is 0 Å². The average molecular weight is 258 g/mol. The van der Waals surface area contributed by atoms with E-state index in [1.807, 2.05) is 24.3 Å². The molecule has 0 bridgehead atoms. The Kier molecular flexibility index (Phi) is 3.97. The van der Waals surface area contributed by atoms with Crippen molar-refractivity contribution in [3.8, 4) is 5.75 Å². The van der Waals surface area contributed by atoms with E-state index in [1.165, 1.54) is 12.1 Å². The fourth-order valence-corrected chi connectivity index (χ4v) is 1.68. The quantitative estimate of drug-likeness (QED) is 0.660. The van der Waals surface area contributed by atoms with Crippen LogP contribution in [0.15, 0.2) is 48.5 Å². The zero-order valence-electron chi connectivity index (χ0n) is 10.5. The average Bonchev–Trinajstić information content (AvgIpc) is 2.46. The molecule has 0 atom stereocenters. The van der Waals surface area contributed by atoms with Gasteiger partial charge in [-0.1, -0.05) is 18.2 Å². The lowest BCUT2D eigenvalue weighted by Crippen LogP contribution is -2.00. The van der Waals surface area contributed by atoms with Crippen LogP contribution in [0.3, 0.4) is 0 Å². The normalized spacial score (nSPS) is 9.95. The van der Waals surface area contributed by atoms with E-state index in [0.29, 0.717) is 6.54 Å². The van der Waals surface area contributed by atoms with Gasteiger partial charge in [-0.15, -0.1) is 0 Å². The van der Waals surface area contributed by atoms with Gasteiger partial charge in [-0.05, 0) is 23.8 Å². The number of nitro groups is 1. The minimum atomic E-state index is -0.404. The van der Waals surface area contributed by atoms with Crippen LogP contribution in [0.4, 0.5) is 11.4 Å². The van der Waals surface area contributed by atoms with Gasteiger partial charge in [0.1, 0.15) is 5.75 Å². The van der Waals surface area contributed by atoms with Crippen LogP contribution in [-0.2, 0) is 6.54 Å². The van der Waals surface area contributed by atoms with Gasteiger partial charge >= 0.3 is 0 Å². The first-order valence-corrected chi connectivity index (χ1v) is 5.80. The molecule has 0 unspecified atom stereocenters. The third kappa shape index (κ3) is 3.45. The van der Waals surface area contributed by atoms with E-state index in [2.05, 4.69) is 5.32 Å². The lowest BCUT2D eigenvalue weighted by molar-refractivity contribution is -0.384. The smallest absolute Gasteiger partial charge is 0.271 e. The molecule has 0 fully saturated rings. The minimum Gasteiger partial charge on any atom is -0.497 e. The van der Waals surface area contributed by atoms with Crippen LogP contribution in [0.25, 0.3) is 0 Å². The molecule has 2 aromatic rings. The Bertz CT molecular complexity index is 567. The number of hydrogen-bond acceptors (Lipinski definition) is 4. The van der Waals surface area contributed by atoms with Gasteiger partial charge in [-0.2, -0.15) is 0 Å². The number of non-ortho nitro benzene ring substituents is 1. The second kappa shape index (κ2) is 5.86. The number of ether oxygens (including phenoxy) is 1. The minimum absolute atomic E-state index is 0.0831. The van der Waals surface area contributed by atoms with Crippen LogP contribution in [0, 0.1) is 10.1 Å². The maximum atomic E-state index is 10.7. The van der Waals surface area contributed by atoms with Gasteiger partial charge in [0, 0.05) is 24.4 Å². The van der Waals surface area contributed by atoms with Crippen molar-refractivity contribution in [1.82, 2.24) is 0 Å². The molecule has 1 N–H and O–H groups in total. The molecule has 0 saturated heterocycles. The van der Waals surface area contributed by atoms with Crippen molar-refractivity contribution >= 4 is 11.4 Å². The number of hydrogen-bond donors (Lipinski definition) is 1. The van der Waals surface area contributed by atoms with Crippen molar-refractivity contribution in [2.45, 2.75) is 6.54 Å². The number of anilines is 1. The summed E-state index contributed by atoms with van der Waals surface area (Å²) in [6, 6.07) is 14.1. The summed E-state index contributed by atoms with van der Waals surface area (Å²) in [4.78, 5) is 10.3. The molecule has 0 aliphatic carbocycles. The van der Waals surface area contributed by atoms with Crippen molar-refractivity contribution in [3.05, 3.63) is 64.2 Å². The Balaban J connectivity index is 2.01. The predicted molar refractivity (Wildman–Crippen MR) is 73.4 cm³/mol. The summed E-state index contributed by atoms with van der Waals surface area (Å²) >= 11 is 0. The van der Waals surface area contributed by atoms with Crippen LogP contribution in [0.1, 0.15) is 5.56 Å². The van der Waals surface area contributed by atoms with Gasteiger partial charge in [0.25, 0.3) is 5.69 Å². The van der Waals surface area contributed by atoms with E-state index in [4.69, 9.17) is 4.74 Å².